The molecule has 158 valence electrons. The van der Waals surface area contributed by atoms with Gasteiger partial charge >= 0.3 is 0 Å². The number of nitrogens with one attached hydrogen (secondary N) is 1. The average molecular weight is 428 g/mol. The first-order chi connectivity index (χ1) is 14.3. The fraction of sp³-hybridized carbons (Fsp3) is 0.318. The Morgan fingerprint density at radius 2 is 1.73 bits per heavy atom. The van der Waals surface area contributed by atoms with E-state index in [1.807, 2.05) is 42.5 Å². The minimum absolute atomic E-state index is 0.207. The highest BCUT2D eigenvalue weighted by Crippen LogP contribution is 2.39. The van der Waals surface area contributed by atoms with E-state index in [1.165, 1.54) is 41.7 Å². The van der Waals surface area contributed by atoms with Crippen molar-refractivity contribution in [3.05, 3.63) is 59.2 Å². The van der Waals surface area contributed by atoms with Crippen LogP contribution in [0.5, 0.6) is 11.5 Å². The Balaban J connectivity index is 1.59. The van der Waals surface area contributed by atoms with E-state index < -0.39 is 0 Å². The van der Waals surface area contributed by atoms with Gasteiger partial charge in [0.05, 0.1) is 0 Å². The van der Waals surface area contributed by atoms with E-state index in [9.17, 15) is 9.59 Å². The van der Waals surface area contributed by atoms with Gasteiger partial charge in [0.25, 0.3) is 0 Å². The number of nitrogens with zero attached hydrogens (tertiary/aromatic N) is 2. The predicted octanol–water partition coefficient (Wildman–Crippen LogP) is 3.76. The molecule has 30 heavy (non-hydrogen) atoms. The second-order valence-electron chi connectivity index (χ2n) is 6.94. The van der Waals surface area contributed by atoms with Crippen molar-refractivity contribution in [3.8, 4) is 11.5 Å². The Morgan fingerprint density at radius 1 is 1.03 bits per heavy atom. The maximum absolute atomic E-state index is 12.0. The van der Waals surface area contributed by atoms with Crippen molar-refractivity contribution in [2.75, 3.05) is 13.2 Å². The lowest BCUT2D eigenvalue weighted by Gasteiger charge is -2.19. The van der Waals surface area contributed by atoms with Gasteiger partial charge in [0, 0.05) is 13.8 Å². The lowest BCUT2D eigenvalue weighted by atomic mass is 10.1. The molecule has 0 fully saturated rings. The maximum atomic E-state index is 12.0. The molecule has 1 N–H and O–H groups in total. The Hall–Kier alpha value is -3.00. The number of hydrogen-bond donors (Lipinski definition) is 1. The normalized spacial score (nSPS) is 15.5. The van der Waals surface area contributed by atoms with E-state index in [-0.39, 0.29) is 17.2 Å². The molecule has 0 saturated carbocycles. The van der Waals surface area contributed by atoms with Crippen LogP contribution < -0.4 is 14.8 Å². The fourth-order valence-electron chi connectivity index (χ4n) is 2.86. The summed E-state index contributed by atoms with van der Waals surface area (Å²) in [5, 5.41) is 8.24. The smallest absolute Gasteiger partial charge is 0.241 e. The molecule has 3 rings (SSSR count). The number of amidine groups is 1. The minimum atomic E-state index is -0.361. The monoisotopic (exact) mass is 427 g/mol. The minimum Gasteiger partial charge on any atom is -0.490 e. The maximum Gasteiger partial charge on any atom is 0.241 e. The van der Waals surface area contributed by atoms with Crippen LogP contribution in [0.2, 0.25) is 0 Å². The SMILES string of the molecule is CC(=O)NC1=NN(C(C)=O)C(c2cccc(OCCOc3ccc(C)c(C)c3)c2)S1. The van der Waals surface area contributed by atoms with Gasteiger partial charge in [-0.3, -0.25) is 9.59 Å². The standard InChI is InChI=1S/C22H25N3O4S/c1-14-8-9-20(12-15(14)2)29-11-10-28-19-7-5-6-18(13-19)21-25(17(4)27)24-22(30-21)23-16(3)26/h5-9,12-13,21H,10-11H2,1-4H3,(H,23,24,26). The number of carbonyl (C=O) groups is 2. The average Bonchev–Trinajstić information content (AvgIpc) is 3.12. The van der Waals surface area contributed by atoms with Gasteiger partial charge in [0.2, 0.25) is 11.8 Å². The number of rotatable bonds is 6. The van der Waals surface area contributed by atoms with E-state index in [0.717, 1.165) is 11.3 Å². The van der Waals surface area contributed by atoms with Crippen molar-refractivity contribution in [1.29, 1.82) is 0 Å². The summed E-state index contributed by atoms with van der Waals surface area (Å²) in [7, 11) is 0. The Labute approximate surface area is 180 Å². The third-order valence-electron chi connectivity index (χ3n) is 4.49. The molecule has 0 spiro atoms. The van der Waals surface area contributed by atoms with E-state index in [2.05, 4.69) is 24.3 Å². The zero-order valence-electron chi connectivity index (χ0n) is 17.5. The van der Waals surface area contributed by atoms with Gasteiger partial charge in [-0.25, -0.2) is 5.01 Å². The largest absolute Gasteiger partial charge is 0.490 e. The number of hydrazone groups is 1. The van der Waals surface area contributed by atoms with Crippen LogP contribution in [0, 0.1) is 13.8 Å². The van der Waals surface area contributed by atoms with Crippen LogP contribution in [-0.2, 0) is 9.59 Å². The molecule has 1 heterocycles. The van der Waals surface area contributed by atoms with E-state index >= 15 is 0 Å². The molecule has 2 aromatic rings. The molecular weight excluding hydrogens is 402 g/mol. The molecule has 0 aliphatic carbocycles. The van der Waals surface area contributed by atoms with Gasteiger partial charge in [0.1, 0.15) is 30.1 Å². The molecule has 0 aromatic heterocycles. The number of benzene rings is 2. The lowest BCUT2D eigenvalue weighted by molar-refractivity contribution is -0.129. The van der Waals surface area contributed by atoms with E-state index in [0.29, 0.717) is 24.1 Å². The van der Waals surface area contributed by atoms with Crippen LogP contribution >= 0.6 is 11.8 Å². The number of aryl methyl sites for hydroxylation is 2. The van der Waals surface area contributed by atoms with Crippen LogP contribution in [0.4, 0.5) is 0 Å². The van der Waals surface area contributed by atoms with Crippen molar-refractivity contribution in [2.45, 2.75) is 33.1 Å². The first-order valence-corrected chi connectivity index (χ1v) is 10.5. The van der Waals surface area contributed by atoms with Crippen LogP contribution in [-0.4, -0.2) is 35.2 Å². The fourth-order valence-corrected chi connectivity index (χ4v) is 3.99. The zero-order chi connectivity index (χ0) is 21.7. The van der Waals surface area contributed by atoms with Gasteiger partial charge in [-0.2, -0.15) is 0 Å². The first kappa shape index (κ1) is 21.7. The van der Waals surface area contributed by atoms with Crippen LogP contribution in [0.15, 0.2) is 47.6 Å². The molecule has 7 nitrogen and oxygen atoms in total. The number of ether oxygens (including phenoxy) is 2. The molecule has 1 unspecified atom stereocenters. The number of thioether (sulfide) groups is 1. The number of carbonyl (C=O) groups excluding carboxylic acids is 2. The summed E-state index contributed by atoms with van der Waals surface area (Å²) >= 11 is 1.31. The van der Waals surface area contributed by atoms with Crippen LogP contribution in [0.1, 0.15) is 35.9 Å². The molecule has 2 aromatic carbocycles. The van der Waals surface area contributed by atoms with Crippen LogP contribution in [0.3, 0.4) is 0 Å². The predicted molar refractivity (Wildman–Crippen MR) is 117 cm³/mol. The van der Waals surface area contributed by atoms with Gasteiger partial charge in [-0.05, 0) is 54.8 Å². The van der Waals surface area contributed by atoms with Gasteiger partial charge in [0.15, 0.2) is 5.17 Å². The summed E-state index contributed by atoms with van der Waals surface area (Å²) in [6, 6.07) is 13.5. The summed E-state index contributed by atoms with van der Waals surface area (Å²) in [6.45, 7) is 7.77. The van der Waals surface area contributed by atoms with Crippen molar-refractivity contribution in [2.24, 2.45) is 5.10 Å². The van der Waals surface area contributed by atoms with Crippen molar-refractivity contribution in [3.63, 3.8) is 0 Å². The second kappa shape index (κ2) is 9.67. The number of hydrogen-bond acceptors (Lipinski definition) is 6. The Morgan fingerprint density at radius 3 is 2.37 bits per heavy atom. The molecule has 1 aliphatic rings. The first-order valence-electron chi connectivity index (χ1n) is 9.59. The molecule has 1 aliphatic heterocycles. The third-order valence-corrected chi connectivity index (χ3v) is 5.59. The van der Waals surface area contributed by atoms with E-state index in [1.54, 1.807) is 0 Å². The molecule has 0 saturated heterocycles. The molecule has 1 atom stereocenters. The lowest BCUT2D eigenvalue weighted by Crippen LogP contribution is -2.25. The summed E-state index contributed by atoms with van der Waals surface area (Å²) in [5.41, 5.74) is 3.27. The highest BCUT2D eigenvalue weighted by Gasteiger charge is 2.32. The highest BCUT2D eigenvalue weighted by atomic mass is 32.2. The molecule has 8 heteroatoms. The number of amides is 2. The van der Waals surface area contributed by atoms with Gasteiger partial charge < -0.3 is 14.8 Å². The van der Waals surface area contributed by atoms with Crippen LogP contribution in [0.25, 0.3) is 0 Å². The molecular formula is C22H25N3O4S. The van der Waals surface area contributed by atoms with Crippen molar-refractivity contribution >= 4 is 28.7 Å². The summed E-state index contributed by atoms with van der Waals surface area (Å²) in [5.74, 6) is 1.05. The third kappa shape index (κ3) is 5.54. The summed E-state index contributed by atoms with van der Waals surface area (Å²) in [6.07, 6.45) is 0. The Bertz CT molecular complexity index is 977. The Kier molecular flexibility index (Phi) is 6.99. The second-order valence-corrected chi connectivity index (χ2v) is 8.00. The van der Waals surface area contributed by atoms with Crippen molar-refractivity contribution < 1.29 is 19.1 Å². The van der Waals surface area contributed by atoms with Gasteiger partial charge in [-0.1, -0.05) is 30.0 Å². The highest BCUT2D eigenvalue weighted by molar-refractivity contribution is 8.14. The van der Waals surface area contributed by atoms with E-state index in [4.69, 9.17) is 9.47 Å². The summed E-state index contributed by atoms with van der Waals surface area (Å²) in [4.78, 5) is 23.3. The van der Waals surface area contributed by atoms with Gasteiger partial charge in [-0.15, -0.1) is 5.10 Å². The quantitative estimate of drug-likeness (QED) is 0.710. The summed E-state index contributed by atoms with van der Waals surface area (Å²) < 4.78 is 11.6. The topological polar surface area (TPSA) is 80.2 Å². The zero-order valence-corrected chi connectivity index (χ0v) is 18.3. The molecule has 0 radical (unpaired) electrons. The molecule has 0 bridgehead atoms. The molecule has 2 amide bonds. The van der Waals surface area contributed by atoms with Crippen molar-refractivity contribution in [1.82, 2.24) is 10.3 Å².